The van der Waals surface area contributed by atoms with E-state index >= 15 is 0 Å². The van der Waals surface area contributed by atoms with Gasteiger partial charge in [0.2, 0.25) is 0 Å². The van der Waals surface area contributed by atoms with Gasteiger partial charge in [0.05, 0.1) is 5.69 Å². The number of hydrogen-bond donors (Lipinski definition) is 1. The van der Waals surface area contributed by atoms with Crippen molar-refractivity contribution in [2.45, 2.75) is 25.7 Å². The fourth-order valence-electron chi connectivity index (χ4n) is 4.26. The molecule has 2 heterocycles. The van der Waals surface area contributed by atoms with Crippen LogP contribution in [0.15, 0.2) is 48.5 Å². The van der Waals surface area contributed by atoms with Crippen molar-refractivity contribution in [1.29, 1.82) is 0 Å². The van der Waals surface area contributed by atoms with Crippen LogP contribution in [0.5, 0.6) is 5.75 Å². The number of hydrogen-bond acceptors (Lipinski definition) is 4. The summed E-state index contributed by atoms with van der Waals surface area (Å²) in [4.78, 5) is 7.35. The molecule has 0 aliphatic carbocycles. The monoisotopic (exact) mass is 365 g/mol. The Kier molecular flexibility index (Phi) is 5.83. The van der Waals surface area contributed by atoms with Crippen LogP contribution in [-0.2, 0) is 6.42 Å². The second-order valence-corrected chi connectivity index (χ2v) is 7.79. The van der Waals surface area contributed by atoms with E-state index < -0.39 is 0 Å². The number of nitrogens with zero attached hydrogens (tertiary/aromatic N) is 3. The highest BCUT2D eigenvalue weighted by Crippen LogP contribution is 2.33. The molecule has 0 radical (unpaired) electrons. The maximum Gasteiger partial charge on any atom is 0.139 e. The minimum atomic E-state index is 0.411. The van der Waals surface area contributed by atoms with E-state index in [1.807, 2.05) is 6.07 Å². The van der Waals surface area contributed by atoms with E-state index in [4.69, 9.17) is 0 Å². The molecule has 0 spiro atoms. The minimum Gasteiger partial charge on any atom is -0.506 e. The maximum absolute atomic E-state index is 10.4. The molecule has 144 valence electrons. The van der Waals surface area contributed by atoms with Crippen LogP contribution in [0.1, 0.15) is 24.8 Å². The molecule has 2 saturated heterocycles. The molecule has 4 heteroatoms. The van der Waals surface area contributed by atoms with Crippen molar-refractivity contribution in [3.8, 4) is 5.75 Å². The Bertz CT molecular complexity index is 720. The Labute approximate surface area is 163 Å². The van der Waals surface area contributed by atoms with Gasteiger partial charge in [0.25, 0.3) is 0 Å². The average Bonchev–Trinajstić information content (AvgIpc) is 2.74. The molecule has 0 aromatic heterocycles. The fourth-order valence-corrected chi connectivity index (χ4v) is 4.26. The molecule has 4 rings (SSSR count). The van der Waals surface area contributed by atoms with Crippen molar-refractivity contribution < 1.29 is 5.11 Å². The molecule has 2 aliphatic heterocycles. The van der Waals surface area contributed by atoms with Crippen LogP contribution >= 0.6 is 0 Å². The van der Waals surface area contributed by atoms with Crippen molar-refractivity contribution in [2.24, 2.45) is 0 Å². The van der Waals surface area contributed by atoms with Crippen molar-refractivity contribution in [2.75, 3.05) is 55.6 Å². The minimum absolute atomic E-state index is 0.411. The van der Waals surface area contributed by atoms with Gasteiger partial charge in [-0.15, -0.1) is 0 Å². The lowest BCUT2D eigenvalue weighted by atomic mass is 10.1. The Morgan fingerprint density at radius 1 is 0.741 bits per heavy atom. The van der Waals surface area contributed by atoms with Gasteiger partial charge in [-0.2, -0.15) is 0 Å². The molecule has 27 heavy (non-hydrogen) atoms. The van der Waals surface area contributed by atoms with Gasteiger partial charge in [0.15, 0.2) is 0 Å². The Balaban J connectivity index is 1.34. The molecule has 0 unspecified atom stereocenters. The summed E-state index contributed by atoms with van der Waals surface area (Å²) in [6.07, 6.45) is 5.00. The molecular weight excluding hydrogens is 334 g/mol. The molecule has 0 atom stereocenters. The van der Waals surface area contributed by atoms with Gasteiger partial charge in [-0.05, 0) is 49.4 Å². The molecule has 4 nitrogen and oxygen atoms in total. The summed E-state index contributed by atoms with van der Waals surface area (Å²) >= 11 is 0. The summed E-state index contributed by atoms with van der Waals surface area (Å²) in [5.41, 5.74) is 3.67. The quantitative estimate of drug-likeness (QED) is 0.874. The van der Waals surface area contributed by atoms with Crippen molar-refractivity contribution in [1.82, 2.24) is 4.90 Å². The zero-order valence-corrected chi connectivity index (χ0v) is 16.2. The SMILES string of the molecule is Oc1ccc(N2CCCCC2)cc1N1CCN(CCc2ccccc2)CC1. The van der Waals surface area contributed by atoms with E-state index in [0.717, 1.165) is 57.9 Å². The number of phenols is 1. The van der Waals surface area contributed by atoms with Gasteiger partial charge in [0, 0.05) is 51.5 Å². The first kappa shape index (κ1) is 18.2. The Hall–Kier alpha value is -2.20. The highest BCUT2D eigenvalue weighted by atomic mass is 16.3. The van der Waals surface area contributed by atoms with Crippen LogP contribution in [0.2, 0.25) is 0 Å². The predicted molar refractivity (Wildman–Crippen MR) is 113 cm³/mol. The van der Waals surface area contributed by atoms with Crippen LogP contribution in [0, 0.1) is 0 Å². The number of piperazine rings is 1. The largest absolute Gasteiger partial charge is 0.506 e. The van der Waals surface area contributed by atoms with Crippen LogP contribution < -0.4 is 9.80 Å². The van der Waals surface area contributed by atoms with Gasteiger partial charge in [0.1, 0.15) is 5.75 Å². The zero-order valence-electron chi connectivity index (χ0n) is 16.2. The molecule has 1 N–H and O–H groups in total. The smallest absolute Gasteiger partial charge is 0.139 e. The third kappa shape index (κ3) is 4.56. The molecule has 0 bridgehead atoms. The highest BCUT2D eigenvalue weighted by Gasteiger charge is 2.21. The summed E-state index contributed by atoms with van der Waals surface area (Å²) < 4.78 is 0. The number of aromatic hydroxyl groups is 1. The zero-order chi connectivity index (χ0) is 18.5. The molecule has 2 aromatic rings. The second-order valence-electron chi connectivity index (χ2n) is 7.79. The van der Waals surface area contributed by atoms with Crippen LogP contribution in [0.4, 0.5) is 11.4 Å². The van der Waals surface area contributed by atoms with Gasteiger partial charge < -0.3 is 14.9 Å². The normalized spacial score (nSPS) is 18.7. The number of anilines is 2. The maximum atomic E-state index is 10.4. The van der Waals surface area contributed by atoms with Crippen molar-refractivity contribution >= 4 is 11.4 Å². The van der Waals surface area contributed by atoms with Gasteiger partial charge >= 0.3 is 0 Å². The number of phenolic OH excluding ortho intramolecular Hbond substituents is 1. The second kappa shape index (κ2) is 8.66. The third-order valence-corrected chi connectivity index (χ3v) is 5.95. The van der Waals surface area contributed by atoms with E-state index in [2.05, 4.69) is 57.2 Å². The number of rotatable bonds is 5. The summed E-state index contributed by atoms with van der Waals surface area (Å²) in [6, 6.07) is 16.9. The lowest BCUT2D eigenvalue weighted by Gasteiger charge is -2.37. The summed E-state index contributed by atoms with van der Waals surface area (Å²) in [5, 5.41) is 10.4. The van der Waals surface area contributed by atoms with Gasteiger partial charge in [-0.25, -0.2) is 0 Å². The van der Waals surface area contributed by atoms with Crippen molar-refractivity contribution in [3.63, 3.8) is 0 Å². The number of piperidine rings is 1. The van der Waals surface area contributed by atoms with E-state index in [9.17, 15) is 5.11 Å². The molecule has 2 aromatic carbocycles. The van der Waals surface area contributed by atoms with E-state index in [0.29, 0.717) is 5.75 Å². The number of benzene rings is 2. The third-order valence-electron chi connectivity index (χ3n) is 5.95. The first-order valence-corrected chi connectivity index (χ1v) is 10.4. The summed E-state index contributed by atoms with van der Waals surface area (Å²) in [5.74, 6) is 0.411. The lowest BCUT2D eigenvalue weighted by molar-refractivity contribution is 0.260. The molecule has 2 fully saturated rings. The Morgan fingerprint density at radius 3 is 2.22 bits per heavy atom. The standard InChI is InChI=1S/C23H31N3O/c27-23-10-9-21(25-12-5-2-6-13-25)19-22(23)26-17-15-24(16-18-26)14-11-20-7-3-1-4-8-20/h1,3-4,7-10,19,27H,2,5-6,11-18H2. The molecule has 0 amide bonds. The van der Waals surface area contributed by atoms with Crippen LogP contribution in [0.25, 0.3) is 0 Å². The molecule has 0 saturated carbocycles. The van der Waals surface area contributed by atoms with E-state index in [-0.39, 0.29) is 0 Å². The summed E-state index contributed by atoms with van der Waals surface area (Å²) in [7, 11) is 0. The average molecular weight is 366 g/mol. The van der Waals surface area contributed by atoms with E-state index in [1.165, 1.54) is 30.5 Å². The Morgan fingerprint density at radius 2 is 1.48 bits per heavy atom. The van der Waals surface area contributed by atoms with Crippen LogP contribution in [0.3, 0.4) is 0 Å². The topological polar surface area (TPSA) is 30.0 Å². The predicted octanol–water partition coefficient (Wildman–Crippen LogP) is 3.75. The van der Waals surface area contributed by atoms with Crippen LogP contribution in [-0.4, -0.2) is 55.8 Å². The highest BCUT2D eigenvalue weighted by molar-refractivity contribution is 5.67. The van der Waals surface area contributed by atoms with Gasteiger partial charge in [-0.3, -0.25) is 4.90 Å². The van der Waals surface area contributed by atoms with Crippen molar-refractivity contribution in [3.05, 3.63) is 54.1 Å². The van der Waals surface area contributed by atoms with Gasteiger partial charge in [-0.1, -0.05) is 30.3 Å². The summed E-state index contributed by atoms with van der Waals surface area (Å²) in [6.45, 7) is 7.45. The first-order chi connectivity index (χ1) is 13.3. The molecule has 2 aliphatic rings. The fraction of sp³-hybridized carbons (Fsp3) is 0.478. The lowest BCUT2D eigenvalue weighted by Crippen LogP contribution is -2.47. The van der Waals surface area contributed by atoms with E-state index in [1.54, 1.807) is 0 Å². The molecular formula is C23H31N3O. The first-order valence-electron chi connectivity index (χ1n) is 10.4.